The molecule has 2 heteroatoms. The minimum atomic E-state index is 0.170. The van der Waals surface area contributed by atoms with Crippen molar-refractivity contribution in [3.05, 3.63) is 34.7 Å². The molecule has 0 spiro atoms. The first-order chi connectivity index (χ1) is 10.4. The van der Waals surface area contributed by atoms with E-state index in [9.17, 15) is 4.79 Å². The average Bonchev–Trinajstić information content (AvgIpc) is 2.44. The lowest BCUT2D eigenvalue weighted by Crippen LogP contribution is -2.21. The average molecular weight is 301 g/mol. The van der Waals surface area contributed by atoms with Gasteiger partial charge in [0, 0.05) is 30.8 Å². The van der Waals surface area contributed by atoms with E-state index in [-0.39, 0.29) is 11.8 Å². The zero-order valence-electron chi connectivity index (χ0n) is 14.9. The summed E-state index contributed by atoms with van der Waals surface area (Å²) in [4.78, 5) is 14.5. The molecule has 1 heterocycles. The number of ketones is 1. The monoisotopic (exact) mass is 301 g/mol. The molecule has 0 amide bonds. The van der Waals surface area contributed by atoms with Crippen LogP contribution >= 0.6 is 0 Å². The third-order valence-electron chi connectivity index (χ3n) is 5.33. The van der Waals surface area contributed by atoms with Crippen molar-refractivity contribution >= 4 is 5.78 Å². The second-order valence-electron chi connectivity index (χ2n) is 7.09. The van der Waals surface area contributed by atoms with Gasteiger partial charge in [0.05, 0.1) is 0 Å². The molecule has 1 saturated carbocycles. The molecule has 0 aromatic heterocycles. The van der Waals surface area contributed by atoms with Crippen molar-refractivity contribution in [2.24, 2.45) is 11.8 Å². The van der Waals surface area contributed by atoms with E-state index in [2.05, 4.69) is 51.9 Å². The van der Waals surface area contributed by atoms with E-state index in [1.807, 2.05) is 0 Å². The second-order valence-corrected chi connectivity index (χ2v) is 7.09. The van der Waals surface area contributed by atoms with E-state index in [1.54, 1.807) is 5.57 Å². The molecule has 0 aromatic rings. The maximum atomic E-state index is 12.3. The Kier molecular flexibility index (Phi) is 5.66. The molecule has 122 valence electrons. The van der Waals surface area contributed by atoms with E-state index >= 15 is 0 Å². The number of carbonyl (C=O) groups is 1. The van der Waals surface area contributed by atoms with Gasteiger partial charge in [-0.05, 0) is 68.2 Å². The molecule has 2 aliphatic rings. The second kappa shape index (κ2) is 7.30. The van der Waals surface area contributed by atoms with Gasteiger partial charge < -0.3 is 4.90 Å². The number of hydrogen-bond acceptors (Lipinski definition) is 2. The van der Waals surface area contributed by atoms with Gasteiger partial charge in [0.2, 0.25) is 0 Å². The van der Waals surface area contributed by atoms with Crippen molar-refractivity contribution in [1.82, 2.24) is 4.90 Å². The van der Waals surface area contributed by atoms with Gasteiger partial charge in [0.25, 0.3) is 0 Å². The van der Waals surface area contributed by atoms with Crippen LogP contribution in [0.15, 0.2) is 34.7 Å². The maximum absolute atomic E-state index is 12.3. The fourth-order valence-electron chi connectivity index (χ4n) is 3.26. The predicted octanol–water partition coefficient (Wildman–Crippen LogP) is 5.23. The molecule has 2 rings (SSSR count). The summed E-state index contributed by atoms with van der Waals surface area (Å²) in [6.07, 6.45) is 11.4. The molecule has 2 nitrogen and oxygen atoms in total. The summed E-state index contributed by atoms with van der Waals surface area (Å²) in [5.74, 6) is 0.795. The number of rotatable bonds is 6. The maximum Gasteiger partial charge on any atom is 0.138 e. The highest BCUT2D eigenvalue weighted by atomic mass is 16.1. The number of allylic oxidation sites excluding steroid dienone is 4. The first-order valence-electron chi connectivity index (χ1n) is 8.82. The van der Waals surface area contributed by atoms with Gasteiger partial charge in [-0.1, -0.05) is 20.8 Å². The molecular formula is C20H31NO. The van der Waals surface area contributed by atoms with Crippen LogP contribution in [0.25, 0.3) is 0 Å². The van der Waals surface area contributed by atoms with E-state index < -0.39 is 0 Å². The zero-order valence-corrected chi connectivity index (χ0v) is 14.9. The molecular weight excluding hydrogens is 270 g/mol. The van der Waals surface area contributed by atoms with Crippen molar-refractivity contribution in [3.63, 3.8) is 0 Å². The first-order valence-corrected chi connectivity index (χ1v) is 8.82. The Balaban J connectivity index is 2.02. The molecule has 1 fully saturated rings. The van der Waals surface area contributed by atoms with Crippen LogP contribution in [-0.2, 0) is 4.79 Å². The highest BCUT2D eigenvalue weighted by Crippen LogP contribution is 2.35. The van der Waals surface area contributed by atoms with Gasteiger partial charge >= 0.3 is 0 Å². The Morgan fingerprint density at radius 3 is 2.50 bits per heavy atom. The number of hydrogen-bond donors (Lipinski definition) is 0. The summed E-state index contributed by atoms with van der Waals surface area (Å²) in [6, 6.07) is 0. The molecule has 1 aliphatic carbocycles. The largest absolute Gasteiger partial charge is 0.351 e. The Morgan fingerprint density at radius 1 is 1.27 bits per heavy atom. The fourth-order valence-corrected chi connectivity index (χ4v) is 3.26. The van der Waals surface area contributed by atoms with Crippen LogP contribution in [0.4, 0.5) is 0 Å². The number of nitrogens with zero attached hydrogens (tertiary/aromatic N) is 1. The van der Waals surface area contributed by atoms with E-state index in [1.165, 1.54) is 36.1 Å². The SMILES string of the molecule is CCC(C)C(=O)C(C)CCC1=CC(=C2CCC2)N(C)C=C1C. The van der Waals surface area contributed by atoms with Crippen molar-refractivity contribution < 1.29 is 4.79 Å². The Morgan fingerprint density at radius 2 is 1.95 bits per heavy atom. The number of likely N-dealkylation sites (N-methyl/N-ethyl adjacent to an activating group) is 1. The van der Waals surface area contributed by atoms with E-state index in [0.29, 0.717) is 5.78 Å². The van der Waals surface area contributed by atoms with Crippen LogP contribution in [0.5, 0.6) is 0 Å². The smallest absolute Gasteiger partial charge is 0.138 e. The van der Waals surface area contributed by atoms with Crippen molar-refractivity contribution in [2.75, 3.05) is 7.05 Å². The highest BCUT2D eigenvalue weighted by molar-refractivity contribution is 5.82. The van der Waals surface area contributed by atoms with Crippen LogP contribution in [-0.4, -0.2) is 17.7 Å². The first kappa shape index (κ1) is 17.1. The van der Waals surface area contributed by atoms with Gasteiger partial charge in [-0.2, -0.15) is 0 Å². The molecule has 0 N–H and O–H groups in total. The molecule has 2 atom stereocenters. The molecule has 22 heavy (non-hydrogen) atoms. The van der Waals surface area contributed by atoms with Crippen LogP contribution in [0, 0.1) is 11.8 Å². The molecule has 2 unspecified atom stereocenters. The highest BCUT2D eigenvalue weighted by Gasteiger charge is 2.22. The van der Waals surface area contributed by atoms with Crippen molar-refractivity contribution in [2.45, 2.75) is 66.2 Å². The number of Topliss-reactive ketones (excluding diaryl/α,β-unsaturated/α-hetero) is 1. The van der Waals surface area contributed by atoms with Crippen molar-refractivity contribution in [1.29, 1.82) is 0 Å². The summed E-state index contributed by atoms with van der Waals surface area (Å²) < 4.78 is 0. The fraction of sp³-hybridized carbons (Fsp3) is 0.650. The summed E-state index contributed by atoms with van der Waals surface area (Å²) in [5.41, 5.74) is 5.74. The van der Waals surface area contributed by atoms with Crippen LogP contribution in [0.2, 0.25) is 0 Å². The lowest BCUT2D eigenvalue weighted by Gasteiger charge is -2.30. The Hall–Kier alpha value is -1.31. The van der Waals surface area contributed by atoms with Crippen molar-refractivity contribution in [3.8, 4) is 0 Å². The molecule has 0 saturated heterocycles. The Bertz CT molecular complexity index is 518. The van der Waals surface area contributed by atoms with Crippen LogP contribution in [0.3, 0.4) is 0 Å². The minimum Gasteiger partial charge on any atom is -0.351 e. The van der Waals surface area contributed by atoms with Crippen LogP contribution in [0.1, 0.15) is 66.2 Å². The van der Waals surface area contributed by atoms with Gasteiger partial charge in [-0.15, -0.1) is 0 Å². The predicted molar refractivity (Wildman–Crippen MR) is 93.3 cm³/mol. The van der Waals surface area contributed by atoms with Gasteiger partial charge in [0.1, 0.15) is 5.78 Å². The third kappa shape index (κ3) is 3.71. The summed E-state index contributed by atoms with van der Waals surface area (Å²) >= 11 is 0. The lowest BCUT2D eigenvalue weighted by molar-refractivity contribution is -0.126. The standard InChI is InChI=1S/C20H31NO/c1-6-14(2)20(22)15(3)10-11-18-12-19(17-8-7-9-17)21(5)13-16(18)4/h12-15H,6-11H2,1-5H3. The summed E-state index contributed by atoms with van der Waals surface area (Å²) in [6.45, 7) is 8.43. The molecule has 0 aromatic carbocycles. The zero-order chi connectivity index (χ0) is 16.3. The van der Waals surface area contributed by atoms with E-state index in [0.717, 1.165) is 19.3 Å². The van der Waals surface area contributed by atoms with Crippen LogP contribution < -0.4 is 0 Å². The normalized spacial score (nSPS) is 21.0. The topological polar surface area (TPSA) is 20.3 Å². The lowest BCUT2D eigenvalue weighted by atomic mass is 9.85. The quantitative estimate of drug-likeness (QED) is 0.669. The van der Waals surface area contributed by atoms with E-state index in [4.69, 9.17) is 0 Å². The van der Waals surface area contributed by atoms with Gasteiger partial charge in [-0.3, -0.25) is 4.79 Å². The molecule has 1 aliphatic heterocycles. The summed E-state index contributed by atoms with van der Waals surface area (Å²) in [7, 11) is 2.15. The summed E-state index contributed by atoms with van der Waals surface area (Å²) in [5, 5.41) is 0. The number of carbonyl (C=O) groups excluding carboxylic acids is 1. The minimum absolute atomic E-state index is 0.170. The van der Waals surface area contributed by atoms with Gasteiger partial charge in [-0.25, -0.2) is 0 Å². The van der Waals surface area contributed by atoms with Gasteiger partial charge in [0.15, 0.2) is 0 Å². The molecule has 0 radical (unpaired) electrons. The molecule has 0 bridgehead atoms. The Labute approximate surface area is 136 Å². The third-order valence-corrected chi connectivity index (χ3v) is 5.33.